The van der Waals surface area contributed by atoms with Crippen LogP contribution in [0.25, 0.3) is 0 Å². The second-order valence-electron chi connectivity index (χ2n) is 2.57. The second kappa shape index (κ2) is 7.08. The molecule has 0 aromatic rings. The molecule has 0 aliphatic carbocycles. The van der Waals surface area contributed by atoms with Gasteiger partial charge in [-0.3, -0.25) is 0 Å². The SMILES string of the molecule is C[N]S(=O)(=O)CCCCCCI. The average Bonchev–Trinajstić information content (AvgIpc) is 2.04. The van der Waals surface area contributed by atoms with E-state index < -0.39 is 10.0 Å². The van der Waals surface area contributed by atoms with E-state index in [9.17, 15) is 8.42 Å². The highest BCUT2D eigenvalue weighted by Gasteiger charge is 2.06. The Kier molecular flexibility index (Phi) is 7.46. The van der Waals surface area contributed by atoms with Crippen molar-refractivity contribution in [1.82, 2.24) is 4.72 Å². The van der Waals surface area contributed by atoms with Gasteiger partial charge in [-0.05, 0) is 17.3 Å². The predicted molar refractivity (Wildman–Crippen MR) is 59.2 cm³/mol. The van der Waals surface area contributed by atoms with Gasteiger partial charge in [-0.25, -0.2) is 8.42 Å². The zero-order valence-electron chi connectivity index (χ0n) is 7.29. The third-order valence-electron chi connectivity index (χ3n) is 1.56. The molecule has 0 fully saturated rings. The molecule has 0 saturated carbocycles. The van der Waals surface area contributed by atoms with E-state index in [1.165, 1.54) is 13.5 Å². The van der Waals surface area contributed by atoms with Gasteiger partial charge in [0.1, 0.15) is 0 Å². The number of hydrogen-bond donors (Lipinski definition) is 0. The molecule has 0 spiro atoms. The summed E-state index contributed by atoms with van der Waals surface area (Å²) in [7, 11) is -1.75. The molecule has 5 heteroatoms. The van der Waals surface area contributed by atoms with Crippen molar-refractivity contribution < 1.29 is 8.42 Å². The highest BCUT2D eigenvalue weighted by Crippen LogP contribution is 2.03. The van der Waals surface area contributed by atoms with E-state index in [2.05, 4.69) is 27.3 Å². The van der Waals surface area contributed by atoms with Crippen LogP contribution in [0.1, 0.15) is 25.7 Å². The van der Waals surface area contributed by atoms with Crippen molar-refractivity contribution in [2.75, 3.05) is 17.2 Å². The number of alkyl halides is 1. The molecular weight excluding hydrogens is 289 g/mol. The van der Waals surface area contributed by atoms with Crippen molar-refractivity contribution in [3.63, 3.8) is 0 Å². The molecule has 0 rings (SSSR count). The molecule has 73 valence electrons. The van der Waals surface area contributed by atoms with Crippen LogP contribution in [0.15, 0.2) is 0 Å². The van der Waals surface area contributed by atoms with Crippen LogP contribution < -0.4 is 4.72 Å². The Labute approximate surface area is 88.5 Å². The van der Waals surface area contributed by atoms with Crippen LogP contribution in [-0.4, -0.2) is 25.6 Å². The standard InChI is InChI=1S/C7H15INO2S/c1-9-12(10,11)7-5-3-2-4-6-8/h2-7H2,1H3. The van der Waals surface area contributed by atoms with Crippen molar-refractivity contribution in [2.24, 2.45) is 0 Å². The van der Waals surface area contributed by atoms with E-state index in [-0.39, 0.29) is 5.75 Å². The molecule has 0 aromatic heterocycles. The molecule has 0 aliphatic rings. The summed E-state index contributed by atoms with van der Waals surface area (Å²) >= 11 is 2.33. The fraction of sp³-hybridized carbons (Fsp3) is 1.00. The number of sulfonamides is 1. The lowest BCUT2D eigenvalue weighted by atomic mass is 10.2. The second-order valence-corrected chi connectivity index (χ2v) is 5.59. The van der Waals surface area contributed by atoms with Crippen LogP contribution in [0.4, 0.5) is 0 Å². The monoisotopic (exact) mass is 304 g/mol. The van der Waals surface area contributed by atoms with Crippen LogP contribution in [0.3, 0.4) is 0 Å². The van der Waals surface area contributed by atoms with Crippen molar-refractivity contribution in [3.8, 4) is 0 Å². The summed E-state index contributed by atoms with van der Waals surface area (Å²) in [5.41, 5.74) is 0. The summed E-state index contributed by atoms with van der Waals surface area (Å²) in [5, 5.41) is 0. The van der Waals surface area contributed by atoms with Gasteiger partial charge in [0.2, 0.25) is 10.0 Å². The molecule has 0 aromatic carbocycles. The van der Waals surface area contributed by atoms with Crippen LogP contribution in [0.5, 0.6) is 0 Å². The normalized spacial score (nSPS) is 11.8. The quantitative estimate of drug-likeness (QED) is 0.407. The Hall–Kier alpha value is 0.640. The first-order chi connectivity index (χ1) is 5.62. The lowest BCUT2D eigenvalue weighted by molar-refractivity contribution is 0.580. The number of rotatable bonds is 7. The van der Waals surface area contributed by atoms with Gasteiger partial charge >= 0.3 is 0 Å². The van der Waals surface area contributed by atoms with E-state index in [0.29, 0.717) is 0 Å². The molecule has 0 atom stereocenters. The van der Waals surface area contributed by atoms with Gasteiger partial charge in [0.05, 0.1) is 5.75 Å². The van der Waals surface area contributed by atoms with Gasteiger partial charge in [0, 0.05) is 7.05 Å². The molecule has 3 nitrogen and oxygen atoms in total. The third kappa shape index (κ3) is 7.30. The van der Waals surface area contributed by atoms with Crippen molar-refractivity contribution in [2.45, 2.75) is 25.7 Å². The number of unbranched alkanes of at least 4 members (excludes halogenated alkanes) is 3. The van der Waals surface area contributed by atoms with Gasteiger partial charge in [0.25, 0.3) is 0 Å². The van der Waals surface area contributed by atoms with Gasteiger partial charge < -0.3 is 0 Å². The molecule has 0 N–H and O–H groups in total. The summed E-state index contributed by atoms with van der Waals surface area (Å²) in [5.74, 6) is 0.213. The van der Waals surface area contributed by atoms with Crippen LogP contribution in [-0.2, 0) is 10.0 Å². The minimum absolute atomic E-state index is 0.213. The Morgan fingerprint density at radius 3 is 2.25 bits per heavy atom. The molecule has 0 amide bonds. The zero-order valence-corrected chi connectivity index (χ0v) is 10.3. The molecule has 0 unspecified atom stereocenters. The smallest absolute Gasteiger partial charge is 0.211 e. The molecular formula is C7H15INO2S. The maximum atomic E-state index is 10.9. The molecule has 0 bridgehead atoms. The molecule has 1 radical (unpaired) electrons. The van der Waals surface area contributed by atoms with Crippen molar-refractivity contribution >= 4 is 32.6 Å². The zero-order chi connectivity index (χ0) is 9.45. The summed E-state index contributed by atoms with van der Waals surface area (Å²) in [6.45, 7) is 0. The van der Waals surface area contributed by atoms with Crippen molar-refractivity contribution in [3.05, 3.63) is 0 Å². The summed E-state index contributed by atoms with van der Waals surface area (Å²) in [6.07, 6.45) is 4.06. The van der Waals surface area contributed by atoms with Crippen LogP contribution >= 0.6 is 22.6 Å². The highest BCUT2D eigenvalue weighted by molar-refractivity contribution is 14.1. The molecule has 0 saturated heterocycles. The Morgan fingerprint density at radius 2 is 1.75 bits per heavy atom. The number of nitrogens with zero attached hydrogens (tertiary/aromatic N) is 1. The highest BCUT2D eigenvalue weighted by atomic mass is 127. The molecule has 0 aliphatic heterocycles. The summed E-state index contributed by atoms with van der Waals surface area (Å²) in [6, 6.07) is 0. The lowest BCUT2D eigenvalue weighted by Gasteiger charge is -1.99. The topological polar surface area (TPSA) is 48.2 Å². The minimum Gasteiger partial charge on any atom is -0.211 e. The van der Waals surface area contributed by atoms with Gasteiger partial charge in [-0.15, -0.1) is 4.72 Å². The summed E-state index contributed by atoms with van der Waals surface area (Å²) in [4.78, 5) is 0. The largest absolute Gasteiger partial charge is 0.227 e. The van der Waals surface area contributed by atoms with Gasteiger partial charge in [-0.2, -0.15) is 0 Å². The average molecular weight is 304 g/mol. The van der Waals surface area contributed by atoms with Crippen LogP contribution in [0, 0.1) is 0 Å². The van der Waals surface area contributed by atoms with Gasteiger partial charge in [0.15, 0.2) is 0 Å². The van der Waals surface area contributed by atoms with Crippen LogP contribution in [0.2, 0.25) is 0 Å². The Bertz CT molecular complexity index is 192. The molecule has 0 heterocycles. The third-order valence-corrected chi connectivity index (χ3v) is 3.69. The van der Waals surface area contributed by atoms with E-state index in [1.807, 2.05) is 0 Å². The Balaban J connectivity index is 3.32. The maximum absolute atomic E-state index is 10.9. The first-order valence-electron chi connectivity index (χ1n) is 4.02. The lowest BCUT2D eigenvalue weighted by Crippen LogP contribution is -2.15. The van der Waals surface area contributed by atoms with E-state index >= 15 is 0 Å². The first-order valence-corrected chi connectivity index (χ1v) is 7.15. The number of halogens is 1. The fourth-order valence-corrected chi connectivity index (χ4v) is 2.11. The Morgan fingerprint density at radius 1 is 1.17 bits per heavy atom. The predicted octanol–water partition coefficient (Wildman–Crippen LogP) is 1.55. The molecule has 12 heavy (non-hydrogen) atoms. The fourth-order valence-electron chi connectivity index (χ4n) is 0.824. The van der Waals surface area contributed by atoms with Gasteiger partial charge in [-0.1, -0.05) is 35.4 Å². The van der Waals surface area contributed by atoms with E-state index in [0.717, 1.165) is 23.7 Å². The minimum atomic E-state index is -3.08. The van der Waals surface area contributed by atoms with E-state index in [4.69, 9.17) is 0 Å². The maximum Gasteiger partial charge on any atom is 0.227 e. The summed E-state index contributed by atoms with van der Waals surface area (Å²) < 4.78 is 26.2. The van der Waals surface area contributed by atoms with Crippen molar-refractivity contribution in [1.29, 1.82) is 0 Å². The van der Waals surface area contributed by atoms with E-state index in [1.54, 1.807) is 0 Å². The first kappa shape index (κ1) is 12.6. The number of hydrogen-bond acceptors (Lipinski definition) is 2.